The summed E-state index contributed by atoms with van der Waals surface area (Å²) in [6.45, 7) is 0.223. The highest BCUT2D eigenvalue weighted by Crippen LogP contribution is 2.37. The Kier molecular flexibility index (Phi) is 1.63. The average Bonchev–Trinajstić information content (AvgIpc) is 2.89. The molecule has 1 aromatic rings. The summed E-state index contributed by atoms with van der Waals surface area (Å²) in [5, 5.41) is 13.4. The number of benzene rings is 1. The topological polar surface area (TPSA) is 80.5 Å². The summed E-state index contributed by atoms with van der Waals surface area (Å²) in [5.74, 6) is 0.292. The Morgan fingerprint density at radius 2 is 2.20 bits per heavy atom. The molecule has 2 atom stereocenters. The van der Waals surface area contributed by atoms with Crippen LogP contribution in [0.25, 0.3) is 0 Å². The van der Waals surface area contributed by atoms with Crippen LogP contribution >= 0.6 is 0 Å². The lowest BCUT2D eigenvalue weighted by molar-refractivity contribution is -0.305. The SMILES string of the molecule is O=C([O-])[C@H]1N[C@H]1c1ccc2c(c1)OCO2. The highest BCUT2D eigenvalue weighted by atomic mass is 16.7. The Balaban J connectivity index is 1.86. The highest BCUT2D eigenvalue weighted by Gasteiger charge is 2.39. The maximum absolute atomic E-state index is 10.5. The van der Waals surface area contributed by atoms with E-state index in [1.807, 2.05) is 6.07 Å². The summed E-state index contributed by atoms with van der Waals surface area (Å²) >= 11 is 0. The molecule has 1 aromatic carbocycles. The van der Waals surface area contributed by atoms with E-state index in [4.69, 9.17) is 9.47 Å². The lowest BCUT2D eigenvalue weighted by Crippen LogP contribution is -2.29. The molecule has 0 amide bonds. The van der Waals surface area contributed by atoms with Crippen LogP contribution in [0, 0.1) is 0 Å². The van der Waals surface area contributed by atoms with Crippen LogP contribution in [0.1, 0.15) is 11.6 Å². The Labute approximate surface area is 85.6 Å². The molecule has 1 N–H and O–H groups in total. The molecule has 78 valence electrons. The molecular weight excluding hydrogens is 198 g/mol. The number of hydrogen-bond donors (Lipinski definition) is 1. The molecule has 0 radical (unpaired) electrons. The standard InChI is InChI=1S/C10H9NO4/c12-10(13)9-8(11-9)5-1-2-6-7(3-5)15-4-14-6/h1-3,8-9,11H,4H2,(H,12,13)/p-1/t8-,9-/m0/s1. The summed E-state index contributed by atoms with van der Waals surface area (Å²) < 4.78 is 10.4. The van der Waals surface area contributed by atoms with Gasteiger partial charge in [-0.15, -0.1) is 0 Å². The number of rotatable bonds is 2. The Morgan fingerprint density at radius 1 is 1.40 bits per heavy atom. The monoisotopic (exact) mass is 206 g/mol. The van der Waals surface area contributed by atoms with Crippen molar-refractivity contribution in [2.45, 2.75) is 12.1 Å². The fourth-order valence-corrected chi connectivity index (χ4v) is 1.74. The minimum absolute atomic E-state index is 0.163. The highest BCUT2D eigenvalue weighted by molar-refractivity contribution is 5.76. The van der Waals surface area contributed by atoms with E-state index in [1.165, 1.54) is 0 Å². The third kappa shape index (κ3) is 1.32. The van der Waals surface area contributed by atoms with Gasteiger partial charge < -0.3 is 19.4 Å². The number of carboxylic acid groups (broad SMARTS) is 1. The maximum Gasteiger partial charge on any atom is 0.231 e. The number of carbonyl (C=O) groups excluding carboxylic acids is 1. The molecule has 0 saturated carbocycles. The van der Waals surface area contributed by atoms with Gasteiger partial charge in [0, 0.05) is 0 Å². The van der Waals surface area contributed by atoms with E-state index in [2.05, 4.69) is 5.32 Å². The van der Waals surface area contributed by atoms with Crippen LogP contribution in [-0.4, -0.2) is 18.8 Å². The van der Waals surface area contributed by atoms with E-state index < -0.39 is 12.0 Å². The number of carbonyl (C=O) groups is 1. The molecular formula is C10H8NO4-. The molecule has 0 aromatic heterocycles. The van der Waals surface area contributed by atoms with Crippen molar-refractivity contribution in [3.05, 3.63) is 23.8 Å². The van der Waals surface area contributed by atoms with Crippen LogP contribution in [-0.2, 0) is 4.79 Å². The lowest BCUT2D eigenvalue weighted by atomic mass is 10.1. The van der Waals surface area contributed by atoms with Gasteiger partial charge >= 0.3 is 0 Å². The Hall–Kier alpha value is -1.75. The van der Waals surface area contributed by atoms with E-state index in [9.17, 15) is 9.90 Å². The number of ether oxygens (including phenoxy) is 2. The van der Waals surface area contributed by atoms with Crippen LogP contribution in [0.4, 0.5) is 0 Å². The molecule has 0 bridgehead atoms. The molecule has 1 saturated heterocycles. The Morgan fingerprint density at radius 3 is 2.93 bits per heavy atom. The largest absolute Gasteiger partial charge is 0.548 e. The summed E-state index contributed by atoms with van der Waals surface area (Å²) in [7, 11) is 0. The van der Waals surface area contributed by atoms with E-state index in [0.717, 1.165) is 5.56 Å². The quantitative estimate of drug-likeness (QED) is 0.639. The van der Waals surface area contributed by atoms with E-state index in [-0.39, 0.29) is 12.8 Å². The molecule has 15 heavy (non-hydrogen) atoms. The second-order valence-corrected chi connectivity index (χ2v) is 3.55. The van der Waals surface area contributed by atoms with Crippen LogP contribution in [0.3, 0.4) is 0 Å². The van der Waals surface area contributed by atoms with E-state index in [1.54, 1.807) is 12.1 Å². The van der Waals surface area contributed by atoms with Gasteiger partial charge in [-0.2, -0.15) is 0 Å². The first-order valence-electron chi connectivity index (χ1n) is 4.62. The van der Waals surface area contributed by atoms with Crippen molar-refractivity contribution < 1.29 is 19.4 Å². The zero-order valence-corrected chi connectivity index (χ0v) is 7.73. The predicted molar refractivity (Wildman–Crippen MR) is 47.2 cm³/mol. The van der Waals surface area contributed by atoms with Crippen LogP contribution in [0.15, 0.2) is 18.2 Å². The minimum atomic E-state index is -1.07. The fourth-order valence-electron chi connectivity index (χ4n) is 1.74. The number of fused-ring (bicyclic) bond motifs is 1. The predicted octanol–water partition coefficient (Wildman–Crippen LogP) is -0.822. The molecule has 2 aliphatic heterocycles. The third-order valence-corrected chi connectivity index (χ3v) is 2.59. The van der Waals surface area contributed by atoms with Gasteiger partial charge in [-0.05, 0) is 17.7 Å². The average molecular weight is 206 g/mol. The minimum Gasteiger partial charge on any atom is -0.548 e. The van der Waals surface area contributed by atoms with Crippen molar-refractivity contribution >= 4 is 5.97 Å². The summed E-state index contributed by atoms with van der Waals surface area (Å²) in [5.41, 5.74) is 0.883. The first-order valence-corrected chi connectivity index (χ1v) is 4.62. The summed E-state index contributed by atoms with van der Waals surface area (Å²) in [6, 6.07) is 4.66. The first-order chi connectivity index (χ1) is 7.25. The molecule has 1 fully saturated rings. The van der Waals surface area contributed by atoms with Crippen LogP contribution < -0.4 is 19.9 Å². The smallest absolute Gasteiger partial charge is 0.231 e. The normalized spacial score (nSPS) is 26.4. The molecule has 5 heteroatoms. The van der Waals surface area contributed by atoms with Crippen molar-refractivity contribution in [2.75, 3.05) is 6.79 Å². The number of aliphatic carboxylic acids is 1. The van der Waals surface area contributed by atoms with Crippen molar-refractivity contribution in [2.24, 2.45) is 0 Å². The molecule has 2 heterocycles. The molecule has 0 spiro atoms. The maximum atomic E-state index is 10.5. The second kappa shape index (κ2) is 2.87. The van der Waals surface area contributed by atoms with Crippen molar-refractivity contribution in [1.82, 2.24) is 5.32 Å². The number of nitrogens with one attached hydrogen (secondary N) is 1. The van der Waals surface area contributed by atoms with Gasteiger partial charge in [0.25, 0.3) is 0 Å². The van der Waals surface area contributed by atoms with Crippen LogP contribution in [0.5, 0.6) is 11.5 Å². The fraction of sp³-hybridized carbons (Fsp3) is 0.300. The molecule has 0 aliphatic carbocycles. The molecule has 5 nitrogen and oxygen atoms in total. The van der Waals surface area contributed by atoms with Gasteiger partial charge in [-0.3, -0.25) is 5.32 Å². The number of hydrogen-bond acceptors (Lipinski definition) is 5. The van der Waals surface area contributed by atoms with Gasteiger partial charge in [0.15, 0.2) is 11.5 Å². The third-order valence-electron chi connectivity index (χ3n) is 2.59. The molecule has 3 rings (SSSR count). The first kappa shape index (κ1) is 8.55. The van der Waals surface area contributed by atoms with E-state index in [0.29, 0.717) is 11.5 Å². The number of carboxylic acids is 1. The zero-order chi connectivity index (χ0) is 10.4. The molecule has 0 unspecified atom stereocenters. The van der Waals surface area contributed by atoms with Crippen molar-refractivity contribution in [3.63, 3.8) is 0 Å². The van der Waals surface area contributed by atoms with Crippen molar-refractivity contribution in [1.29, 1.82) is 0 Å². The van der Waals surface area contributed by atoms with Gasteiger partial charge in [0.1, 0.15) is 0 Å². The van der Waals surface area contributed by atoms with Gasteiger partial charge in [0.05, 0.1) is 18.1 Å². The van der Waals surface area contributed by atoms with Gasteiger partial charge in [-0.25, -0.2) is 0 Å². The Bertz CT molecular complexity index is 431. The van der Waals surface area contributed by atoms with E-state index >= 15 is 0 Å². The van der Waals surface area contributed by atoms with Crippen LogP contribution in [0.2, 0.25) is 0 Å². The zero-order valence-electron chi connectivity index (χ0n) is 7.73. The molecule has 2 aliphatic rings. The second-order valence-electron chi connectivity index (χ2n) is 3.55. The van der Waals surface area contributed by atoms with Gasteiger partial charge in [0.2, 0.25) is 6.79 Å². The van der Waals surface area contributed by atoms with Crippen molar-refractivity contribution in [3.8, 4) is 11.5 Å². The lowest BCUT2D eigenvalue weighted by Gasteiger charge is -2.01. The van der Waals surface area contributed by atoms with Gasteiger partial charge in [-0.1, -0.05) is 6.07 Å². The summed E-state index contributed by atoms with van der Waals surface area (Å²) in [6.07, 6.45) is 0. The summed E-state index contributed by atoms with van der Waals surface area (Å²) in [4.78, 5) is 10.5.